The minimum absolute atomic E-state index is 0.0982. The van der Waals surface area contributed by atoms with Gasteiger partial charge in [0.1, 0.15) is 5.82 Å². The van der Waals surface area contributed by atoms with Gasteiger partial charge >= 0.3 is 0 Å². The SMILES string of the molecule is O=C(C[C@@]1(O)C(=O)N(Cc2cccc(F)c2)c2ccccc21)c1cccc(Br)c1. The zero-order chi connectivity index (χ0) is 20.6. The van der Waals surface area contributed by atoms with Gasteiger partial charge in [0.15, 0.2) is 11.4 Å². The maximum absolute atomic E-state index is 13.6. The number of fused-ring (bicyclic) bond motifs is 1. The van der Waals surface area contributed by atoms with Crippen LogP contribution in [0.1, 0.15) is 27.9 Å². The Balaban J connectivity index is 1.68. The Hall–Kier alpha value is -2.83. The molecular formula is C23H17BrFNO3. The summed E-state index contributed by atoms with van der Waals surface area (Å²) < 4.78 is 14.3. The maximum atomic E-state index is 13.6. The third-order valence-electron chi connectivity index (χ3n) is 5.03. The van der Waals surface area contributed by atoms with Crippen molar-refractivity contribution in [2.45, 2.75) is 18.6 Å². The van der Waals surface area contributed by atoms with Gasteiger partial charge in [-0.1, -0.05) is 58.4 Å². The number of aliphatic hydroxyl groups is 1. The summed E-state index contributed by atoms with van der Waals surface area (Å²) in [5.74, 6) is -1.33. The summed E-state index contributed by atoms with van der Waals surface area (Å²) >= 11 is 3.33. The summed E-state index contributed by atoms with van der Waals surface area (Å²) in [4.78, 5) is 27.5. The van der Waals surface area contributed by atoms with Crippen LogP contribution in [0.15, 0.2) is 77.3 Å². The largest absolute Gasteiger partial charge is 0.375 e. The molecule has 0 aromatic heterocycles. The van der Waals surface area contributed by atoms with Crippen LogP contribution < -0.4 is 4.90 Å². The van der Waals surface area contributed by atoms with Crippen molar-refractivity contribution in [3.8, 4) is 0 Å². The number of hydrogen-bond acceptors (Lipinski definition) is 3. The first-order valence-electron chi connectivity index (χ1n) is 9.05. The molecule has 1 aliphatic heterocycles. The van der Waals surface area contributed by atoms with Crippen molar-refractivity contribution in [1.29, 1.82) is 0 Å². The Kier molecular flexibility index (Phi) is 5.06. The highest BCUT2D eigenvalue weighted by molar-refractivity contribution is 9.10. The molecule has 1 N–H and O–H groups in total. The van der Waals surface area contributed by atoms with Crippen LogP contribution in [0.4, 0.5) is 10.1 Å². The molecule has 0 fully saturated rings. The third kappa shape index (κ3) is 3.61. The highest BCUT2D eigenvalue weighted by Crippen LogP contribution is 2.43. The molecule has 0 aliphatic carbocycles. The Morgan fingerprint density at radius 3 is 2.55 bits per heavy atom. The van der Waals surface area contributed by atoms with Crippen LogP contribution in [0.2, 0.25) is 0 Å². The summed E-state index contributed by atoms with van der Waals surface area (Å²) in [7, 11) is 0. The molecule has 3 aromatic rings. The maximum Gasteiger partial charge on any atom is 0.264 e. The fourth-order valence-corrected chi connectivity index (χ4v) is 4.05. The minimum atomic E-state index is -1.97. The second-order valence-corrected chi connectivity index (χ2v) is 7.92. The number of amides is 1. The van der Waals surface area contributed by atoms with Gasteiger partial charge < -0.3 is 10.0 Å². The zero-order valence-electron chi connectivity index (χ0n) is 15.3. The van der Waals surface area contributed by atoms with Crippen molar-refractivity contribution in [3.05, 3.63) is 99.8 Å². The number of carbonyl (C=O) groups excluding carboxylic acids is 2. The number of nitrogens with zero attached hydrogens (tertiary/aromatic N) is 1. The van der Waals surface area contributed by atoms with E-state index < -0.39 is 17.3 Å². The summed E-state index contributed by atoms with van der Waals surface area (Å²) in [5, 5.41) is 11.3. The Morgan fingerprint density at radius 2 is 1.79 bits per heavy atom. The number of carbonyl (C=O) groups is 2. The van der Waals surface area contributed by atoms with Crippen molar-refractivity contribution >= 4 is 33.3 Å². The first-order chi connectivity index (χ1) is 13.9. The number of hydrogen-bond donors (Lipinski definition) is 1. The van der Waals surface area contributed by atoms with Crippen LogP contribution >= 0.6 is 15.9 Å². The highest BCUT2D eigenvalue weighted by atomic mass is 79.9. The fourth-order valence-electron chi connectivity index (χ4n) is 3.65. The van der Waals surface area contributed by atoms with E-state index in [1.807, 2.05) is 0 Å². The van der Waals surface area contributed by atoms with E-state index in [2.05, 4.69) is 15.9 Å². The van der Waals surface area contributed by atoms with Gasteiger partial charge in [-0.25, -0.2) is 4.39 Å². The Bertz CT molecular complexity index is 1120. The molecule has 6 heteroatoms. The molecule has 1 aliphatic rings. The molecule has 4 nitrogen and oxygen atoms in total. The molecule has 1 heterocycles. The molecule has 0 saturated carbocycles. The van der Waals surface area contributed by atoms with Gasteiger partial charge in [-0.15, -0.1) is 0 Å². The van der Waals surface area contributed by atoms with Crippen molar-refractivity contribution < 1.29 is 19.1 Å². The lowest BCUT2D eigenvalue weighted by Crippen LogP contribution is -2.41. The van der Waals surface area contributed by atoms with Crippen LogP contribution in [0.5, 0.6) is 0 Å². The molecular weight excluding hydrogens is 437 g/mol. The third-order valence-corrected chi connectivity index (χ3v) is 5.53. The van der Waals surface area contributed by atoms with Crippen LogP contribution in [0.25, 0.3) is 0 Å². The van der Waals surface area contributed by atoms with E-state index in [0.29, 0.717) is 22.4 Å². The molecule has 3 aromatic carbocycles. The lowest BCUT2D eigenvalue weighted by molar-refractivity contribution is -0.136. The Labute approximate surface area is 175 Å². The number of ketones is 1. The van der Waals surface area contributed by atoms with E-state index in [1.165, 1.54) is 17.0 Å². The predicted molar refractivity (Wildman–Crippen MR) is 111 cm³/mol. The molecule has 0 radical (unpaired) electrons. The van der Waals surface area contributed by atoms with Gasteiger partial charge in [-0.3, -0.25) is 9.59 Å². The van der Waals surface area contributed by atoms with Crippen molar-refractivity contribution in [2.24, 2.45) is 0 Å². The minimum Gasteiger partial charge on any atom is -0.375 e. The van der Waals surface area contributed by atoms with E-state index in [4.69, 9.17) is 0 Å². The monoisotopic (exact) mass is 453 g/mol. The van der Waals surface area contributed by atoms with E-state index in [-0.39, 0.29) is 18.7 Å². The summed E-state index contributed by atoms with van der Waals surface area (Å²) in [6.07, 6.45) is -0.376. The van der Waals surface area contributed by atoms with Crippen LogP contribution in [-0.2, 0) is 16.9 Å². The van der Waals surface area contributed by atoms with E-state index in [9.17, 15) is 19.1 Å². The molecule has 1 atom stereocenters. The number of halogens is 2. The lowest BCUT2D eigenvalue weighted by atomic mass is 9.88. The van der Waals surface area contributed by atoms with Crippen LogP contribution in [0, 0.1) is 5.82 Å². The molecule has 1 amide bonds. The zero-order valence-corrected chi connectivity index (χ0v) is 16.9. The summed E-state index contributed by atoms with van der Waals surface area (Å²) in [6, 6.07) is 19.6. The Morgan fingerprint density at radius 1 is 1.03 bits per heavy atom. The van der Waals surface area contributed by atoms with Crippen LogP contribution in [0.3, 0.4) is 0 Å². The summed E-state index contributed by atoms with van der Waals surface area (Å²) in [5.41, 5.74) is -0.0722. The number of para-hydroxylation sites is 1. The normalized spacial score (nSPS) is 18.0. The first kappa shape index (κ1) is 19.5. The molecule has 4 rings (SSSR count). The van der Waals surface area contributed by atoms with Crippen molar-refractivity contribution in [3.63, 3.8) is 0 Å². The molecule has 146 valence electrons. The molecule has 0 bridgehead atoms. The highest BCUT2D eigenvalue weighted by Gasteiger charge is 2.50. The van der Waals surface area contributed by atoms with Gasteiger partial charge in [-0.05, 0) is 35.9 Å². The lowest BCUT2D eigenvalue weighted by Gasteiger charge is -2.23. The fraction of sp³-hybridized carbons (Fsp3) is 0.130. The van der Waals surface area contributed by atoms with E-state index in [1.54, 1.807) is 60.7 Å². The number of rotatable bonds is 5. The first-order valence-corrected chi connectivity index (χ1v) is 9.85. The van der Waals surface area contributed by atoms with Gasteiger partial charge in [0.2, 0.25) is 0 Å². The van der Waals surface area contributed by atoms with E-state index >= 15 is 0 Å². The van der Waals surface area contributed by atoms with Gasteiger partial charge in [0, 0.05) is 15.6 Å². The smallest absolute Gasteiger partial charge is 0.264 e. The molecule has 0 spiro atoms. The quantitative estimate of drug-likeness (QED) is 0.574. The van der Waals surface area contributed by atoms with Crippen molar-refractivity contribution in [2.75, 3.05) is 4.90 Å². The van der Waals surface area contributed by atoms with Gasteiger partial charge in [0.05, 0.1) is 18.7 Å². The van der Waals surface area contributed by atoms with Crippen LogP contribution in [-0.4, -0.2) is 16.8 Å². The van der Waals surface area contributed by atoms with Crippen molar-refractivity contribution in [1.82, 2.24) is 0 Å². The second-order valence-electron chi connectivity index (χ2n) is 7.01. The topological polar surface area (TPSA) is 57.6 Å². The molecule has 29 heavy (non-hydrogen) atoms. The average Bonchev–Trinajstić information content (AvgIpc) is 2.90. The number of Topliss-reactive ketones (excluding diaryl/α,β-unsaturated/α-hetero) is 1. The summed E-state index contributed by atoms with van der Waals surface area (Å²) in [6.45, 7) is 0.0982. The number of benzene rings is 3. The number of anilines is 1. The van der Waals surface area contributed by atoms with E-state index in [0.717, 1.165) is 4.47 Å². The average molecular weight is 454 g/mol. The standard InChI is InChI=1S/C23H17BrFNO3/c24-17-7-4-6-16(12-17)21(27)13-23(29)19-9-1-2-10-20(19)26(22(23)28)14-15-5-3-8-18(25)11-15/h1-12,29H,13-14H2/t23-/m0/s1. The van der Waals surface area contributed by atoms with Gasteiger partial charge in [-0.2, -0.15) is 0 Å². The molecule has 0 saturated heterocycles. The predicted octanol–water partition coefficient (Wildman–Crippen LogP) is 4.60. The molecule has 0 unspecified atom stereocenters. The second kappa shape index (κ2) is 7.54. The van der Waals surface area contributed by atoms with Gasteiger partial charge in [0.25, 0.3) is 5.91 Å².